The summed E-state index contributed by atoms with van der Waals surface area (Å²) in [5.74, 6) is -8.51. The van der Waals surface area contributed by atoms with Crippen molar-refractivity contribution < 1.29 is 42.4 Å². The van der Waals surface area contributed by atoms with E-state index in [2.05, 4.69) is 10.4 Å². The van der Waals surface area contributed by atoms with Gasteiger partial charge in [0.25, 0.3) is 17.5 Å². The van der Waals surface area contributed by atoms with E-state index in [-0.39, 0.29) is 35.5 Å². The van der Waals surface area contributed by atoms with Crippen LogP contribution >= 0.6 is 23.2 Å². The number of nitrogens with zero attached hydrogens (tertiary/aromatic N) is 4. The van der Waals surface area contributed by atoms with E-state index < -0.39 is 86.1 Å². The third kappa shape index (κ3) is 5.47. The molecule has 17 heteroatoms. The van der Waals surface area contributed by atoms with Gasteiger partial charge in [0.2, 0.25) is 11.8 Å². The summed E-state index contributed by atoms with van der Waals surface area (Å²) in [5, 5.41) is 23.2. The van der Waals surface area contributed by atoms with E-state index >= 15 is 4.79 Å². The number of alkyl halides is 3. The molecule has 12 nitrogen and oxygen atoms in total. The molecule has 3 heterocycles. The Balaban J connectivity index is 1.29. The standard InChI is InChI=1S/C38H26Cl2F3N5O7/c39-20-7-5-18(6-8-20)37-27(34(51)47(36(37)53)45-32-28(40)15-19(17-44-32)38(41,42)43)16-26-23(31(37)24-3-1-2-4-29(24)49)13-14-25-30(26)35(52)46(33(25)50)21-9-11-22(12-10-21)48(54)55/h1-13,15,17,25-27,30-31,49H,14,16H2,(H,44,45). The van der Waals surface area contributed by atoms with Gasteiger partial charge in [-0.15, -0.1) is 0 Å². The molecule has 2 N–H and O–H groups in total. The molecule has 2 aliphatic carbocycles. The van der Waals surface area contributed by atoms with Crippen molar-refractivity contribution in [2.45, 2.75) is 30.4 Å². The normalized spacial score (nSPS) is 26.1. The Bertz CT molecular complexity index is 2360. The minimum atomic E-state index is -4.78. The molecule has 1 saturated carbocycles. The minimum absolute atomic E-state index is 0.0607. The molecule has 4 amide bonds. The summed E-state index contributed by atoms with van der Waals surface area (Å²) in [4.78, 5) is 73.7. The summed E-state index contributed by atoms with van der Waals surface area (Å²) in [5.41, 5.74) is 0.557. The summed E-state index contributed by atoms with van der Waals surface area (Å²) >= 11 is 12.5. The van der Waals surface area contributed by atoms with Gasteiger partial charge >= 0.3 is 6.18 Å². The average Bonchev–Trinajstić information content (AvgIpc) is 3.53. The molecule has 2 aliphatic heterocycles. The first kappa shape index (κ1) is 36.2. The molecule has 3 aromatic carbocycles. The van der Waals surface area contributed by atoms with Crippen LogP contribution in [0.25, 0.3) is 0 Å². The number of aromatic nitrogens is 1. The fourth-order valence-electron chi connectivity index (χ4n) is 8.84. The second-order valence-corrected chi connectivity index (χ2v) is 14.6. The highest BCUT2D eigenvalue weighted by atomic mass is 35.5. The van der Waals surface area contributed by atoms with Crippen molar-refractivity contribution in [3.05, 3.63) is 134 Å². The minimum Gasteiger partial charge on any atom is -0.508 e. The van der Waals surface area contributed by atoms with E-state index in [0.29, 0.717) is 33.4 Å². The predicted molar refractivity (Wildman–Crippen MR) is 191 cm³/mol. The maximum atomic E-state index is 15.2. The number of phenols is 1. The van der Waals surface area contributed by atoms with E-state index in [4.69, 9.17) is 23.2 Å². The second-order valence-electron chi connectivity index (χ2n) is 13.8. The molecule has 8 rings (SSSR count). The van der Waals surface area contributed by atoms with Crippen LogP contribution in [0.5, 0.6) is 5.75 Å². The number of nitro groups is 1. The molecule has 4 aromatic rings. The summed E-state index contributed by atoms with van der Waals surface area (Å²) in [6.45, 7) is 0. The molecule has 0 spiro atoms. The maximum Gasteiger partial charge on any atom is 0.417 e. The number of carbonyl (C=O) groups excluding carboxylic acids is 4. The van der Waals surface area contributed by atoms with Gasteiger partial charge in [0, 0.05) is 34.8 Å². The number of rotatable bonds is 6. The number of nitro benzene ring substituents is 1. The molecule has 55 heavy (non-hydrogen) atoms. The van der Waals surface area contributed by atoms with Crippen LogP contribution in [-0.2, 0) is 30.8 Å². The van der Waals surface area contributed by atoms with Gasteiger partial charge in [-0.25, -0.2) is 4.98 Å². The van der Waals surface area contributed by atoms with E-state index in [9.17, 15) is 42.8 Å². The highest BCUT2D eigenvalue weighted by Crippen LogP contribution is 2.65. The zero-order valence-corrected chi connectivity index (χ0v) is 29.5. The van der Waals surface area contributed by atoms with E-state index in [1.807, 2.05) is 0 Å². The third-order valence-electron chi connectivity index (χ3n) is 11.1. The molecule has 3 fully saturated rings. The zero-order valence-electron chi connectivity index (χ0n) is 28.0. The monoisotopic (exact) mass is 791 g/mol. The number of halogens is 5. The van der Waals surface area contributed by atoms with Crippen molar-refractivity contribution in [1.82, 2.24) is 9.99 Å². The molecule has 6 atom stereocenters. The number of non-ortho nitro benzene ring substituents is 1. The van der Waals surface area contributed by atoms with Crippen LogP contribution in [0.2, 0.25) is 10.0 Å². The van der Waals surface area contributed by atoms with Crippen molar-refractivity contribution in [3.63, 3.8) is 0 Å². The van der Waals surface area contributed by atoms with Crippen LogP contribution in [0.4, 0.5) is 30.4 Å². The van der Waals surface area contributed by atoms with Gasteiger partial charge in [-0.2, -0.15) is 18.2 Å². The van der Waals surface area contributed by atoms with Crippen LogP contribution < -0.4 is 10.3 Å². The molecule has 1 aromatic heterocycles. The number of para-hydroxylation sites is 1. The maximum absolute atomic E-state index is 15.2. The Hall–Kier alpha value is -5.80. The molecule has 0 radical (unpaired) electrons. The van der Waals surface area contributed by atoms with Gasteiger partial charge in [-0.3, -0.25) is 39.6 Å². The number of nitrogens with one attached hydrogen (secondary N) is 1. The molecular weight excluding hydrogens is 766 g/mol. The molecule has 280 valence electrons. The van der Waals surface area contributed by atoms with Crippen molar-refractivity contribution in [2.24, 2.45) is 23.7 Å². The van der Waals surface area contributed by atoms with Gasteiger partial charge in [0.1, 0.15) is 5.75 Å². The van der Waals surface area contributed by atoms with Crippen molar-refractivity contribution >= 4 is 64.0 Å². The summed E-state index contributed by atoms with van der Waals surface area (Å²) in [7, 11) is 0. The molecule has 6 unspecified atom stereocenters. The van der Waals surface area contributed by atoms with Crippen LogP contribution in [0, 0.1) is 33.8 Å². The van der Waals surface area contributed by atoms with E-state index in [0.717, 1.165) is 4.90 Å². The fraction of sp³-hybridized carbons (Fsp3) is 0.237. The number of hydrazine groups is 1. The summed E-state index contributed by atoms with van der Waals surface area (Å²) in [6, 6.07) is 18.0. The first-order chi connectivity index (χ1) is 26.1. The second kappa shape index (κ2) is 12.9. The number of pyridine rings is 1. The number of anilines is 2. The predicted octanol–water partition coefficient (Wildman–Crippen LogP) is 7.21. The van der Waals surface area contributed by atoms with Crippen molar-refractivity contribution in [1.29, 1.82) is 0 Å². The van der Waals surface area contributed by atoms with E-state index in [1.165, 1.54) is 42.5 Å². The Kier molecular flexibility index (Phi) is 8.50. The Labute approximate surface area is 319 Å². The SMILES string of the molecule is O=C1C2CC3C(=CCC4C(=O)N(c5ccc([N+](=O)[O-])cc5)C(=O)C43)C(c3ccccc3O)C2(c2ccc(Cl)cc2)C(=O)N1Nc1ncc(C(F)(F)F)cc1Cl. The molecular formula is C38H26Cl2F3N5O7. The average molecular weight is 793 g/mol. The van der Waals surface area contributed by atoms with Crippen LogP contribution in [-0.4, -0.2) is 43.7 Å². The number of carbonyl (C=O) groups is 4. The quantitative estimate of drug-likeness (QED) is 0.0889. The van der Waals surface area contributed by atoms with Gasteiger partial charge in [0.15, 0.2) is 5.82 Å². The first-order valence-electron chi connectivity index (χ1n) is 16.9. The van der Waals surface area contributed by atoms with Gasteiger partial charge in [-0.1, -0.05) is 65.2 Å². The zero-order chi connectivity index (χ0) is 39.1. The van der Waals surface area contributed by atoms with Crippen molar-refractivity contribution in [3.8, 4) is 5.75 Å². The summed E-state index contributed by atoms with van der Waals surface area (Å²) in [6.07, 6.45) is -2.58. The first-order valence-corrected chi connectivity index (χ1v) is 17.6. The number of amides is 4. The Morgan fingerprint density at radius 3 is 2.25 bits per heavy atom. The molecule has 2 saturated heterocycles. The van der Waals surface area contributed by atoms with Crippen LogP contribution in [0.15, 0.2) is 96.7 Å². The fourth-order valence-corrected chi connectivity index (χ4v) is 9.17. The number of phenolic OH excluding ortho intramolecular Hbond substituents is 1. The number of benzene rings is 3. The lowest BCUT2D eigenvalue weighted by molar-refractivity contribution is -0.384. The molecule has 4 aliphatic rings. The van der Waals surface area contributed by atoms with Gasteiger partial charge < -0.3 is 5.11 Å². The lowest BCUT2D eigenvalue weighted by atomic mass is 9.49. The number of imide groups is 2. The van der Waals surface area contributed by atoms with Crippen LogP contribution in [0.3, 0.4) is 0 Å². The summed E-state index contributed by atoms with van der Waals surface area (Å²) < 4.78 is 40.3. The number of fused-ring (bicyclic) bond motifs is 4. The third-order valence-corrected chi connectivity index (χ3v) is 11.7. The highest BCUT2D eigenvalue weighted by Gasteiger charge is 2.70. The Morgan fingerprint density at radius 1 is 0.927 bits per heavy atom. The lowest BCUT2D eigenvalue weighted by Gasteiger charge is -2.50. The topological polar surface area (TPSA) is 163 Å². The largest absolute Gasteiger partial charge is 0.508 e. The van der Waals surface area contributed by atoms with Gasteiger partial charge in [0.05, 0.1) is 44.4 Å². The van der Waals surface area contributed by atoms with Crippen LogP contribution in [0.1, 0.15) is 35.4 Å². The van der Waals surface area contributed by atoms with E-state index in [1.54, 1.807) is 36.4 Å². The Morgan fingerprint density at radius 2 is 1.62 bits per heavy atom. The highest BCUT2D eigenvalue weighted by molar-refractivity contribution is 6.33. The number of aromatic hydroxyl groups is 1. The molecule has 0 bridgehead atoms. The lowest BCUT2D eigenvalue weighted by Crippen LogP contribution is -2.53. The van der Waals surface area contributed by atoms with Crippen molar-refractivity contribution in [2.75, 3.05) is 10.3 Å². The number of allylic oxidation sites excluding steroid dienone is 2. The van der Waals surface area contributed by atoms with Gasteiger partial charge in [-0.05, 0) is 60.7 Å². The smallest absolute Gasteiger partial charge is 0.417 e. The number of hydrogen-bond donors (Lipinski definition) is 2. The number of hydrogen-bond acceptors (Lipinski definition) is 9.